The molecule has 0 spiro atoms. The van der Waals surface area contributed by atoms with Crippen LogP contribution in [0, 0.1) is 13.8 Å². The van der Waals surface area contributed by atoms with Gasteiger partial charge in [-0.05, 0) is 44.2 Å². The molecular formula is C13H14N2O. The van der Waals surface area contributed by atoms with Crippen molar-refractivity contribution in [2.45, 2.75) is 13.8 Å². The number of hydrogen-bond donors (Lipinski definition) is 0. The fourth-order valence-corrected chi connectivity index (χ4v) is 1.63. The lowest BCUT2D eigenvalue weighted by molar-refractivity contribution is 0.415. The molecule has 3 heteroatoms. The number of aryl methyl sites for hydroxylation is 2. The predicted octanol–water partition coefficient (Wildman–Crippen LogP) is 2.77. The normalized spacial score (nSPS) is 10.2. The maximum Gasteiger partial charge on any atom is 0.126 e. The molecule has 0 N–H and O–H groups in total. The molecule has 0 aliphatic carbocycles. The van der Waals surface area contributed by atoms with Gasteiger partial charge in [0.15, 0.2) is 0 Å². The molecule has 16 heavy (non-hydrogen) atoms. The van der Waals surface area contributed by atoms with Crippen molar-refractivity contribution < 1.29 is 4.74 Å². The summed E-state index contributed by atoms with van der Waals surface area (Å²) in [4.78, 5) is 8.67. The molecule has 3 nitrogen and oxygen atoms in total. The quantitative estimate of drug-likeness (QED) is 0.771. The van der Waals surface area contributed by atoms with E-state index in [1.807, 2.05) is 44.2 Å². The molecule has 1 aromatic heterocycles. The molecule has 0 bridgehead atoms. The van der Waals surface area contributed by atoms with E-state index in [2.05, 4.69) is 9.97 Å². The molecule has 1 aromatic carbocycles. The summed E-state index contributed by atoms with van der Waals surface area (Å²) in [6, 6.07) is 9.85. The summed E-state index contributed by atoms with van der Waals surface area (Å²) in [5.74, 6) is 1.65. The van der Waals surface area contributed by atoms with E-state index in [0.717, 1.165) is 28.5 Å². The summed E-state index contributed by atoms with van der Waals surface area (Å²) in [7, 11) is 1.66. The molecule has 0 aliphatic heterocycles. The van der Waals surface area contributed by atoms with Gasteiger partial charge in [-0.15, -0.1) is 0 Å². The Morgan fingerprint density at radius 3 is 2.25 bits per heavy atom. The molecule has 0 fully saturated rings. The van der Waals surface area contributed by atoms with Crippen LogP contribution < -0.4 is 4.74 Å². The summed E-state index contributed by atoms with van der Waals surface area (Å²) in [6.07, 6.45) is 0. The summed E-state index contributed by atoms with van der Waals surface area (Å²) < 4.78 is 5.12. The number of ether oxygens (including phenoxy) is 1. The smallest absolute Gasteiger partial charge is 0.126 e. The van der Waals surface area contributed by atoms with Crippen LogP contribution >= 0.6 is 0 Å². The van der Waals surface area contributed by atoms with Crippen molar-refractivity contribution in [2.24, 2.45) is 0 Å². The highest BCUT2D eigenvalue weighted by Gasteiger charge is 2.02. The first-order valence-electron chi connectivity index (χ1n) is 5.16. The maximum absolute atomic E-state index is 5.12. The second-order valence-corrected chi connectivity index (χ2v) is 3.67. The molecular weight excluding hydrogens is 200 g/mol. The molecule has 0 aliphatic rings. The van der Waals surface area contributed by atoms with Gasteiger partial charge >= 0.3 is 0 Å². The Morgan fingerprint density at radius 2 is 1.69 bits per heavy atom. The molecule has 0 saturated carbocycles. The van der Waals surface area contributed by atoms with Crippen molar-refractivity contribution in [1.82, 2.24) is 9.97 Å². The van der Waals surface area contributed by atoms with Gasteiger partial charge in [0.1, 0.15) is 11.6 Å². The Bertz CT molecular complexity index is 472. The molecule has 2 aromatic rings. The van der Waals surface area contributed by atoms with Crippen LogP contribution in [0.25, 0.3) is 11.3 Å². The second kappa shape index (κ2) is 4.31. The summed E-state index contributed by atoms with van der Waals surface area (Å²) in [5, 5.41) is 0. The lowest BCUT2D eigenvalue weighted by Gasteiger charge is -2.04. The number of benzene rings is 1. The molecule has 0 unspecified atom stereocenters. The van der Waals surface area contributed by atoms with Crippen molar-refractivity contribution in [3.8, 4) is 17.0 Å². The van der Waals surface area contributed by atoms with Crippen LogP contribution in [0.3, 0.4) is 0 Å². The topological polar surface area (TPSA) is 35.0 Å². The fourth-order valence-electron chi connectivity index (χ4n) is 1.63. The number of hydrogen-bond acceptors (Lipinski definition) is 3. The van der Waals surface area contributed by atoms with Crippen LogP contribution in [0.1, 0.15) is 11.5 Å². The van der Waals surface area contributed by atoms with Gasteiger partial charge in [0.05, 0.1) is 12.8 Å². The van der Waals surface area contributed by atoms with Crippen molar-refractivity contribution in [3.05, 3.63) is 41.9 Å². The Kier molecular flexibility index (Phi) is 2.86. The highest BCUT2D eigenvalue weighted by atomic mass is 16.5. The number of methoxy groups -OCH3 is 1. The van der Waals surface area contributed by atoms with Gasteiger partial charge in [0.25, 0.3) is 0 Å². The zero-order chi connectivity index (χ0) is 11.5. The van der Waals surface area contributed by atoms with Gasteiger partial charge in [-0.2, -0.15) is 0 Å². The molecule has 0 atom stereocenters. The average Bonchev–Trinajstić information content (AvgIpc) is 2.28. The Labute approximate surface area is 95.1 Å². The summed E-state index contributed by atoms with van der Waals surface area (Å²) in [6.45, 7) is 3.88. The van der Waals surface area contributed by atoms with Crippen LogP contribution in [-0.4, -0.2) is 17.1 Å². The zero-order valence-electron chi connectivity index (χ0n) is 9.69. The molecule has 0 radical (unpaired) electrons. The minimum atomic E-state index is 0.797. The van der Waals surface area contributed by atoms with Crippen LogP contribution in [0.5, 0.6) is 5.75 Å². The number of rotatable bonds is 2. The van der Waals surface area contributed by atoms with Gasteiger partial charge in [-0.1, -0.05) is 0 Å². The van der Waals surface area contributed by atoms with Gasteiger partial charge in [-0.3, -0.25) is 0 Å². The minimum absolute atomic E-state index is 0.797. The van der Waals surface area contributed by atoms with Crippen LogP contribution in [0.15, 0.2) is 30.3 Å². The SMILES string of the molecule is COc1ccc(-c2cc(C)nc(C)n2)cc1. The highest BCUT2D eigenvalue weighted by molar-refractivity contribution is 5.60. The standard InChI is InChI=1S/C13H14N2O/c1-9-8-13(15-10(2)14-9)11-4-6-12(16-3)7-5-11/h4-8H,1-3H3. The average molecular weight is 214 g/mol. The van der Waals surface area contributed by atoms with Crippen molar-refractivity contribution in [3.63, 3.8) is 0 Å². The third-order valence-electron chi connectivity index (χ3n) is 2.35. The lowest BCUT2D eigenvalue weighted by atomic mass is 10.1. The fraction of sp³-hybridized carbons (Fsp3) is 0.231. The van der Waals surface area contributed by atoms with E-state index in [4.69, 9.17) is 4.74 Å². The van der Waals surface area contributed by atoms with Gasteiger partial charge in [0.2, 0.25) is 0 Å². The van der Waals surface area contributed by atoms with E-state index in [-0.39, 0.29) is 0 Å². The Morgan fingerprint density at radius 1 is 1.00 bits per heavy atom. The van der Waals surface area contributed by atoms with Crippen molar-refractivity contribution >= 4 is 0 Å². The summed E-state index contributed by atoms with van der Waals surface area (Å²) in [5.41, 5.74) is 3.01. The van der Waals surface area contributed by atoms with Crippen LogP contribution in [0.2, 0.25) is 0 Å². The largest absolute Gasteiger partial charge is 0.497 e. The minimum Gasteiger partial charge on any atom is -0.497 e. The van der Waals surface area contributed by atoms with Crippen molar-refractivity contribution in [2.75, 3.05) is 7.11 Å². The Hall–Kier alpha value is -1.90. The van der Waals surface area contributed by atoms with E-state index >= 15 is 0 Å². The predicted molar refractivity (Wildman–Crippen MR) is 63.5 cm³/mol. The van der Waals surface area contributed by atoms with Gasteiger partial charge < -0.3 is 4.74 Å². The first-order valence-corrected chi connectivity index (χ1v) is 5.16. The molecule has 0 saturated heterocycles. The monoisotopic (exact) mass is 214 g/mol. The van der Waals surface area contributed by atoms with E-state index < -0.39 is 0 Å². The lowest BCUT2D eigenvalue weighted by Crippen LogP contribution is -1.93. The van der Waals surface area contributed by atoms with E-state index in [9.17, 15) is 0 Å². The van der Waals surface area contributed by atoms with Gasteiger partial charge in [0, 0.05) is 11.3 Å². The third-order valence-corrected chi connectivity index (χ3v) is 2.35. The third kappa shape index (κ3) is 2.19. The highest BCUT2D eigenvalue weighted by Crippen LogP contribution is 2.20. The van der Waals surface area contributed by atoms with E-state index in [0.29, 0.717) is 0 Å². The molecule has 0 amide bonds. The van der Waals surface area contributed by atoms with E-state index in [1.165, 1.54) is 0 Å². The number of aromatic nitrogens is 2. The van der Waals surface area contributed by atoms with E-state index in [1.54, 1.807) is 7.11 Å². The zero-order valence-corrected chi connectivity index (χ0v) is 9.69. The molecule has 82 valence electrons. The van der Waals surface area contributed by atoms with Crippen LogP contribution in [-0.2, 0) is 0 Å². The first-order chi connectivity index (χ1) is 7.69. The van der Waals surface area contributed by atoms with Crippen molar-refractivity contribution in [1.29, 1.82) is 0 Å². The first kappa shape index (κ1) is 10.6. The summed E-state index contributed by atoms with van der Waals surface area (Å²) >= 11 is 0. The second-order valence-electron chi connectivity index (χ2n) is 3.67. The Balaban J connectivity index is 2.42. The van der Waals surface area contributed by atoms with Gasteiger partial charge in [-0.25, -0.2) is 9.97 Å². The van der Waals surface area contributed by atoms with Crippen LogP contribution in [0.4, 0.5) is 0 Å². The molecule has 2 rings (SSSR count). The number of nitrogens with zero attached hydrogens (tertiary/aromatic N) is 2. The maximum atomic E-state index is 5.12. The molecule has 1 heterocycles.